The number of rotatable bonds is 10. The molecule has 20 heavy (non-hydrogen) atoms. The summed E-state index contributed by atoms with van der Waals surface area (Å²) in [6, 6.07) is 5.29. The summed E-state index contributed by atoms with van der Waals surface area (Å²) in [6.07, 6.45) is 2.00. The molecule has 0 aliphatic carbocycles. The lowest BCUT2D eigenvalue weighted by Crippen LogP contribution is -2.07. The van der Waals surface area contributed by atoms with Gasteiger partial charge in [-0.05, 0) is 43.5 Å². The molecule has 0 fully saturated rings. The van der Waals surface area contributed by atoms with E-state index in [1.807, 2.05) is 6.07 Å². The quantitative estimate of drug-likeness (QED) is 0.645. The van der Waals surface area contributed by atoms with Crippen LogP contribution in [0.3, 0.4) is 0 Å². The molecule has 112 valence electrons. The standard InChI is InChI=1S/C15H23NO4/c1-12-11-13(5-6-14(12)15(17)18)16-7-3-4-8-20-10-9-19-2/h5-6,11,16H,3-4,7-10H2,1-2H3,(H,17,18). The second-order valence-electron chi connectivity index (χ2n) is 4.57. The number of anilines is 1. The summed E-state index contributed by atoms with van der Waals surface area (Å²) in [5, 5.41) is 12.2. The molecule has 0 heterocycles. The van der Waals surface area contributed by atoms with E-state index >= 15 is 0 Å². The SMILES string of the molecule is COCCOCCCCNc1ccc(C(=O)O)c(C)c1. The third-order valence-corrected chi connectivity index (χ3v) is 2.93. The Morgan fingerprint density at radius 3 is 2.70 bits per heavy atom. The van der Waals surface area contributed by atoms with Crippen molar-refractivity contribution in [3.05, 3.63) is 29.3 Å². The maximum atomic E-state index is 10.9. The highest BCUT2D eigenvalue weighted by atomic mass is 16.5. The summed E-state index contributed by atoms with van der Waals surface area (Å²) in [4.78, 5) is 10.9. The van der Waals surface area contributed by atoms with E-state index in [1.54, 1.807) is 26.2 Å². The predicted octanol–water partition coefficient (Wildman–Crippen LogP) is 2.55. The highest BCUT2D eigenvalue weighted by Crippen LogP contribution is 2.15. The van der Waals surface area contributed by atoms with Crippen molar-refractivity contribution < 1.29 is 19.4 Å². The van der Waals surface area contributed by atoms with Crippen molar-refractivity contribution in [1.82, 2.24) is 0 Å². The van der Waals surface area contributed by atoms with Crippen LogP contribution in [-0.4, -0.2) is 44.6 Å². The third kappa shape index (κ3) is 6.04. The van der Waals surface area contributed by atoms with Gasteiger partial charge in [-0.15, -0.1) is 0 Å². The monoisotopic (exact) mass is 281 g/mol. The van der Waals surface area contributed by atoms with E-state index in [2.05, 4.69) is 5.32 Å². The Balaban J connectivity index is 2.19. The fourth-order valence-corrected chi connectivity index (χ4v) is 1.82. The summed E-state index contributed by atoms with van der Waals surface area (Å²) in [5.74, 6) is -0.887. The minimum atomic E-state index is -0.887. The van der Waals surface area contributed by atoms with Crippen LogP contribution < -0.4 is 5.32 Å². The Kier molecular flexibility index (Phi) is 7.69. The van der Waals surface area contributed by atoms with Gasteiger partial charge < -0.3 is 19.9 Å². The van der Waals surface area contributed by atoms with Gasteiger partial charge in [0.05, 0.1) is 18.8 Å². The molecule has 5 heteroatoms. The van der Waals surface area contributed by atoms with Crippen LogP contribution in [0.2, 0.25) is 0 Å². The van der Waals surface area contributed by atoms with Crippen molar-refractivity contribution in [3.63, 3.8) is 0 Å². The van der Waals surface area contributed by atoms with Crippen molar-refractivity contribution in [2.45, 2.75) is 19.8 Å². The molecule has 0 bridgehead atoms. The molecular formula is C15H23NO4. The molecule has 0 aliphatic rings. The number of hydrogen-bond acceptors (Lipinski definition) is 4. The Labute approximate surface area is 119 Å². The molecule has 0 aliphatic heterocycles. The molecule has 0 radical (unpaired) electrons. The molecule has 5 nitrogen and oxygen atoms in total. The molecule has 1 aromatic rings. The van der Waals surface area contributed by atoms with E-state index in [9.17, 15) is 4.79 Å². The lowest BCUT2D eigenvalue weighted by atomic mass is 10.1. The van der Waals surface area contributed by atoms with Crippen molar-refractivity contribution in [2.24, 2.45) is 0 Å². The minimum absolute atomic E-state index is 0.349. The number of unbranched alkanes of at least 4 members (excludes halogenated alkanes) is 1. The molecule has 0 saturated carbocycles. The summed E-state index contributed by atoms with van der Waals surface area (Å²) in [6.45, 7) is 4.66. The van der Waals surface area contributed by atoms with Gasteiger partial charge in [-0.2, -0.15) is 0 Å². The zero-order valence-electron chi connectivity index (χ0n) is 12.1. The van der Waals surface area contributed by atoms with Crippen LogP contribution in [0, 0.1) is 6.92 Å². The highest BCUT2D eigenvalue weighted by molar-refractivity contribution is 5.89. The summed E-state index contributed by atoms with van der Waals surface area (Å²) >= 11 is 0. The maximum Gasteiger partial charge on any atom is 0.335 e. The number of hydrogen-bond donors (Lipinski definition) is 2. The van der Waals surface area contributed by atoms with E-state index in [1.165, 1.54) is 0 Å². The first-order valence-electron chi connectivity index (χ1n) is 6.79. The van der Waals surface area contributed by atoms with Gasteiger partial charge in [-0.3, -0.25) is 0 Å². The Hall–Kier alpha value is -1.59. The molecule has 2 N–H and O–H groups in total. The fourth-order valence-electron chi connectivity index (χ4n) is 1.82. The van der Waals surface area contributed by atoms with Crippen molar-refractivity contribution in [3.8, 4) is 0 Å². The van der Waals surface area contributed by atoms with Gasteiger partial charge in [0.1, 0.15) is 0 Å². The molecule has 0 unspecified atom stereocenters. The van der Waals surface area contributed by atoms with Crippen molar-refractivity contribution in [1.29, 1.82) is 0 Å². The smallest absolute Gasteiger partial charge is 0.335 e. The number of methoxy groups -OCH3 is 1. The number of nitrogens with one attached hydrogen (secondary N) is 1. The predicted molar refractivity (Wildman–Crippen MR) is 78.6 cm³/mol. The van der Waals surface area contributed by atoms with Gasteiger partial charge in [0.25, 0.3) is 0 Å². The number of ether oxygens (including phenoxy) is 2. The first kappa shape index (κ1) is 16.5. The third-order valence-electron chi connectivity index (χ3n) is 2.93. The molecule has 1 aromatic carbocycles. The second kappa shape index (κ2) is 9.34. The van der Waals surface area contributed by atoms with Crippen molar-refractivity contribution in [2.75, 3.05) is 38.8 Å². The molecule has 0 amide bonds. The van der Waals surface area contributed by atoms with E-state index in [0.29, 0.717) is 18.8 Å². The molecule has 1 rings (SSSR count). The van der Waals surface area contributed by atoms with Crippen LogP contribution >= 0.6 is 0 Å². The summed E-state index contributed by atoms with van der Waals surface area (Å²) in [5.41, 5.74) is 2.07. The van der Waals surface area contributed by atoms with Crippen LogP contribution in [0.1, 0.15) is 28.8 Å². The van der Waals surface area contributed by atoms with Gasteiger partial charge in [0.2, 0.25) is 0 Å². The summed E-state index contributed by atoms with van der Waals surface area (Å²) in [7, 11) is 1.66. The average molecular weight is 281 g/mol. The minimum Gasteiger partial charge on any atom is -0.478 e. The second-order valence-corrected chi connectivity index (χ2v) is 4.57. The van der Waals surface area contributed by atoms with E-state index in [-0.39, 0.29) is 0 Å². The molecular weight excluding hydrogens is 258 g/mol. The first-order chi connectivity index (χ1) is 9.65. The van der Waals surface area contributed by atoms with Gasteiger partial charge in [0.15, 0.2) is 0 Å². The van der Waals surface area contributed by atoms with Crippen LogP contribution in [0.15, 0.2) is 18.2 Å². The van der Waals surface area contributed by atoms with Gasteiger partial charge in [-0.1, -0.05) is 0 Å². The maximum absolute atomic E-state index is 10.9. The van der Waals surface area contributed by atoms with Gasteiger partial charge >= 0.3 is 5.97 Å². The van der Waals surface area contributed by atoms with Gasteiger partial charge in [0, 0.05) is 25.9 Å². The Morgan fingerprint density at radius 2 is 2.05 bits per heavy atom. The zero-order valence-corrected chi connectivity index (χ0v) is 12.1. The number of carbonyl (C=O) groups is 1. The lowest BCUT2D eigenvalue weighted by molar-refractivity contribution is 0.0691. The number of benzene rings is 1. The fraction of sp³-hybridized carbons (Fsp3) is 0.533. The Morgan fingerprint density at radius 1 is 1.25 bits per heavy atom. The summed E-state index contributed by atoms with van der Waals surface area (Å²) < 4.78 is 10.3. The lowest BCUT2D eigenvalue weighted by Gasteiger charge is -2.09. The number of aryl methyl sites for hydroxylation is 1. The van der Waals surface area contributed by atoms with Crippen LogP contribution in [0.4, 0.5) is 5.69 Å². The van der Waals surface area contributed by atoms with E-state index in [0.717, 1.165) is 37.2 Å². The average Bonchev–Trinajstić information content (AvgIpc) is 2.41. The first-order valence-corrected chi connectivity index (χ1v) is 6.79. The van der Waals surface area contributed by atoms with Gasteiger partial charge in [-0.25, -0.2) is 4.79 Å². The van der Waals surface area contributed by atoms with Crippen LogP contribution in [-0.2, 0) is 9.47 Å². The van der Waals surface area contributed by atoms with E-state index < -0.39 is 5.97 Å². The van der Waals surface area contributed by atoms with Crippen LogP contribution in [0.5, 0.6) is 0 Å². The van der Waals surface area contributed by atoms with Crippen LogP contribution in [0.25, 0.3) is 0 Å². The molecule has 0 aromatic heterocycles. The molecule has 0 spiro atoms. The number of carboxylic acids is 1. The largest absolute Gasteiger partial charge is 0.478 e. The molecule has 0 atom stereocenters. The Bertz CT molecular complexity index is 420. The molecule has 0 saturated heterocycles. The highest BCUT2D eigenvalue weighted by Gasteiger charge is 2.06. The normalized spacial score (nSPS) is 10.5. The van der Waals surface area contributed by atoms with E-state index in [4.69, 9.17) is 14.6 Å². The van der Waals surface area contributed by atoms with Crippen molar-refractivity contribution >= 4 is 11.7 Å². The number of carboxylic acid groups (broad SMARTS) is 1. The number of aromatic carboxylic acids is 1. The topological polar surface area (TPSA) is 67.8 Å². The zero-order chi connectivity index (χ0) is 14.8.